The van der Waals surface area contributed by atoms with Crippen molar-refractivity contribution in [1.29, 1.82) is 5.26 Å². The van der Waals surface area contributed by atoms with Crippen molar-refractivity contribution in [2.45, 2.75) is 50.9 Å². The molecule has 1 aliphatic rings. The molecule has 0 aliphatic heterocycles. The fourth-order valence-electron chi connectivity index (χ4n) is 2.77. The highest BCUT2D eigenvalue weighted by molar-refractivity contribution is 7.13. The van der Waals surface area contributed by atoms with Crippen molar-refractivity contribution in [3.63, 3.8) is 0 Å². The second-order valence-electron chi connectivity index (χ2n) is 5.27. The molecule has 1 saturated carbocycles. The Balaban J connectivity index is 1.81. The van der Waals surface area contributed by atoms with E-state index in [0.717, 1.165) is 23.5 Å². The second kappa shape index (κ2) is 6.19. The smallest absolute Gasteiger partial charge is 0.269 e. The van der Waals surface area contributed by atoms with E-state index in [1.807, 2.05) is 5.38 Å². The van der Waals surface area contributed by atoms with Crippen molar-refractivity contribution in [2.75, 3.05) is 0 Å². The van der Waals surface area contributed by atoms with Crippen LogP contribution in [0.2, 0.25) is 0 Å². The Hall–Kier alpha value is -1.67. The quantitative estimate of drug-likeness (QED) is 0.816. The highest BCUT2D eigenvalue weighted by Gasteiger charge is 2.21. The maximum Gasteiger partial charge on any atom is 0.269 e. The predicted octanol–water partition coefficient (Wildman–Crippen LogP) is 4.50. The maximum atomic E-state index is 9.06. The van der Waals surface area contributed by atoms with Crippen molar-refractivity contribution >= 4 is 11.3 Å². The molecule has 0 radical (unpaired) electrons. The maximum absolute atomic E-state index is 9.06. The minimum atomic E-state index is 0.415. The minimum absolute atomic E-state index is 0.415. The second-order valence-corrected chi connectivity index (χ2v) is 6.19. The first-order valence-electron chi connectivity index (χ1n) is 7.20. The molecule has 1 aliphatic carbocycles. The number of nitriles is 1. The normalized spacial score (nSPS) is 17.4. The van der Waals surface area contributed by atoms with E-state index in [4.69, 9.17) is 9.78 Å². The van der Waals surface area contributed by atoms with Gasteiger partial charge in [-0.2, -0.15) is 10.2 Å². The number of nitrogens with zero attached hydrogens (tertiary/aromatic N) is 3. The van der Waals surface area contributed by atoms with E-state index in [1.54, 1.807) is 6.07 Å². The molecular formula is C15H17N3OS. The van der Waals surface area contributed by atoms with Gasteiger partial charge in [0.1, 0.15) is 10.9 Å². The molecule has 20 heavy (non-hydrogen) atoms. The van der Waals surface area contributed by atoms with Gasteiger partial charge in [-0.1, -0.05) is 37.3 Å². The number of rotatable bonds is 2. The third kappa shape index (κ3) is 2.75. The Morgan fingerprint density at radius 1 is 1.20 bits per heavy atom. The third-order valence-corrected chi connectivity index (χ3v) is 4.79. The summed E-state index contributed by atoms with van der Waals surface area (Å²) < 4.78 is 5.38. The zero-order valence-electron chi connectivity index (χ0n) is 11.3. The van der Waals surface area contributed by atoms with Crippen molar-refractivity contribution in [3.05, 3.63) is 22.8 Å². The van der Waals surface area contributed by atoms with E-state index in [-0.39, 0.29) is 0 Å². The molecule has 0 saturated heterocycles. The molecule has 0 spiro atoms. The fraction of sp³-hybridized carbons (Fsp3) is 0.533. The van der Waals surface area contributed by atoms with Gasteiger partial charge in [-0.15, -0.1) is 11.3 Å². The van der Waals surface area contributed by atoms with Crippen LogP contribution in [0.25, 0.3) is 10.8 Å². The van der Waals surface area contributed by atoms with Gasteiger partial charge in [-0.05, 0) is 24.3 Å². The Labute approximate surface area is 122 Å². The summed E-state index contributed by atoms with van der Waals surface area (Å²) in [7, 11) is 0. The van der Waals surface area contributed by atoms with E-state index in [0.29, 0.717) is 17.4 Å². The minimum Gasteiger partial charge on any atom is -0.333 e. The van der Waals surface area contributed by atoms with Crippen LogP contribution in [0, 0.1) is 11.3 Å². The highest BCUT2D eigenvalue weighted by Crippen LogP contribution is 2.32. The van der Waals surface area contributed by atoms with Gasteiger partial charge < -0.3 is 4.52 Å². The van der Waals surface area contributed by atoms with E-state index >= 15 is 0 Å². The van der Waals surface area contributed by atoms with Gasteiger partial charge in [0, 0.05) is 5.92 Å². The van der Waals surface area contributed by atoms with Gasteiger partial charge in [-0.3, -0.25) is 0 Å². The molecule has 0 atom stereocenters. The molecule has 0 unspecified atom stereocenters. The van der Waals surface area contributed by atoms with Crippen LogP contribution >= 0.6 is 11.3 Å². The molecule has 104 valence electrons. The van der Waals surface area contributed by atoms with Crippen LogP contribution in [0.15, 0.2) is 16.0 Å². The summed E-state index contributed by atoms with van der Waals surface area (Å²) in [6, 6.07) is 3.96. The summed E-state index contributed by atoms with van der Waals surface area (Å²) in [5, 5.41) is 15.1. The molecule has 2 heterocycles. The van der Waals surface area contributed by atoms with Crippen molar-refractivity contribution in [3.8, 4) is 16.8 Å². The van der Waals surface area contributed by atoms with Crippen LogP contribution in [0.3, 0.4) is 0 Å². The van der Waals surface area contributed by atoms with Crippen molar-refractivity contribution < 1.29 is 4.52 Å². The number of hydrogen-bond acceptors (Lipinski definition) is 5. The van der Waals surface area contributed by atoms with E-state index in [2.05, 4.69) is 16.2 Å². The van der Waals surface area contributed by atoms with Crippen LogP contribution in [-0.2, 0) is 0 Å². The molecule has 3 rings (SSSR count). The first kappa shape index (κ1) is 13.3. The summed E-state index contributed by atoms with van der Waals surface area (Å²) in [6.45, 7) is 0. The lowest BCUT2D eigenvalue weighted by molar-refractivity contribution is 0.393. The predicted molar refractivity (Wildman–Crippen MR) is 77.4 cm³/mol. The Bertz CT molecular complexity index is 603. The molecule has 0 amide bonds. The number of hydrogen-bond donors (Lipinski definition) is 0. The summed E-state index contributed by atoms with van der Waals surface area (Å²) >= 11 is 1.48. The summed E-state index contributed by atoms with van der Waals surface area (Å²) in [5.41, 5.74) is 0.614. The molecule has 1 fully saturated rings. The van der Waals surface area contributed by atoms with E-state index in [9.17, 15) is 0 Å². The highest BCUT2D eigenvalue weighted by atomic mass is 32.1. The molecule has 0 bridgehead atoms. The van der Waals surface area contributed by atoms with Crippen molar-refractivity contribution in [2.24, 2.45) is 0 Å². The number of thiophene rings is 1. The van der Waals surface area contributed by atoms with Crippen molar-refractivity contribution in [1.82, 2.24) is 10.1 Å². The zero-order chi connectivity index (χ0) is 13.8. The molecule has 4 nitrogen and oxygen atoms in total. The molecular weight excluding hydrogens is 270 g/mol. The lowest BCUT2D eigenvalue weighted by atomic mass is 9.91. The molecule has 0 N–H and O–H groups in total. The van der Waals surface area contributed by atoms with Gasteiger partial charge in [0.05, 0.1) is 5.56 Å². The zero-order valence-corrected chi connectivity index (χ0v) is 12.2. The SMILES string of the molecule is N#Cc1ccsc1-c1nc(C2CCCCCCC2)no1. The average Bonchev–Trinajstić information content (AvgIpc) is 3.06. The largest absolute Gasteiger partial charge is 0.333 e. The third-order valence-electron chi connectivity index (χ3n) is 3.89. The monoisotopic (exact) mass is 287 g/mol. The van der Waals surface area contributed by atoms with Crippen LogP contribution in [0.1, 0.15) is 62.3 Å². The molecule has 2 aromatic heterocycles. The topological polar surface area (TPSA) is 62.7 Å². The van der Waals surface area contributed by atoms with Gasteiger partial charge in [0.25, 0.3) is 5.89 Å². The average molecular weight is 287 g/mol. The van der Waals surface area contributed by atoms with Gasteiger partial charge in [0.15, 0.2) is 5.82 Å². The summed E-state index contributed by atoms with van der Waals surface area (Å²) in [5.74, 6) is 1.73. The van der Waals surface area contributed by atoms with Gasteiger partial charge >= 0.3 is 0 Å². The Kier molecular flexibility index (Phi) is 4.12. The van der Waals surface area contributed by atoms with Gasteiger partial charge in [-0.25, -0.2) is 0 Å². The van der Waals surface area contributed by atoms with Crippen LogP contribution in [0.4, 0.5) is 0 Å². The molecule has 0 aromatic carbocycles. The first-order valence-corrected chi connectivity index (χ1v) is 8.08. The fourth-order valence-corrected chi connectivity index (χ4v) is 3.53. The number of aromatic nitrogens is 2. The standard InChI is InChI=1S/C15H17N3OS/c16-10-12-8-9-20-13(12)15-17-14(18-19-15)11-6-4-2-1-3-5-7-11/h8-9,11H,1-7H2. The van der Waals surface area contributed by atoms with E-state index in [1.165, 1.54) is 43.4 Å². The summed E-state index contributed by atoms with van der Waals surface area (Å²) in [6.07, 6.45) is 8.76. The molecule has 2 aromatic rings. The van der Waals surface area contributed by atoms with E-state index < -0.39 is 0 Å². The lowest BCUT2D eigenvalue weighted by Crippen LogP contribution is -2.04. The lowest BCUT2D eigenvalue weighted by Gasteiger charge is -2.15. The molecule has 5 heteroatoms. The Morgan fingerprint density at radius 3 is 2.70 bits per heavy atom. The van der Waals surface area contributed by atoms with Crippen LogP contribution in [-0.4, -0.2) is 10.1 Å². The van der Waals surface area contributed by atoms with Crippen LogP contribution < -0.4 is 0 Å². The first-order chi connectivity index (χ1) is 9.88. The summed E-state index contributed by atoms with van der Waals surface area (Å²) in [4.78, 5) is 5.33. The van der Waals surface area contributed by atoms with Gasteiger partial charge in [0.2, 0.25) is 0 Å². The van der Waals surface area contributed by atoms with Crippen LogP contribution in [0.5, 0.6) is 0 Å². The Morgan fingerprint density at radius 2 is 1.95 bits per heavy atom.